The molecule has 2 heteroatoms. The van der Waals surface area contributed by atoms with Crippen LogP contribution in [-0.2, 0) is 11.8 Å². The number of ketones is 1. The maximum atomic E-state index is 12.3. The van der Waals surface area contributed by atoms with Gasteiger partial charge in [-0.3, -0.25) is 9.78 Å². The van der Waals surface area contributed by atoms with Gasteiger partial charge in [0, 0.05) is 11.8 Å². The molecule has 0 fully saturated rings. The minimum Gasteiger partial charge on any atom is -0.294 e. The van der Waals surface area contributed by atoms with Crippen LogP contribution >= 0.6 is 0 Å². The van der Waals surface area contributed by atoms with E-state index in [0.29, 0.717) is 6.42 Å². The summed E-state index contributed by atoms with van der Waals surface area (Å²) in [7, 11) is 0. The SMILES string of the molecule is Cc1cccnc1CC(=O)c1ccc(C(C)(C)C)cc1. The van der Waals surface area contributed by atoms with E-state index in [1.54, 1.807) is 6.20 Å². The topological polar surface area (TPSA) is 30.0 Å². The van der Waals surface area contributed by atoms with Gasteiger partial charge in [0.2, 0.25) is 0 Å². The summed E-state index contributed by atoms with van der Waals surface area (Å²) < 4.78 is 0. The van der Waals surface area contributed by atoms with Gasteiger partial charge in [0.25, 0.3) is 0 Å². The maximum absolute atomic E-state index is 12.3. The molecule has 0 N–H and O–H groups in total. The summed E-state index contributed by atoms with van der Waals surface area (Å²) >= 11 is 0. The first-order chi connectivity index (χ1) is 9.38. The van der Waals surface area contributed by atoms with Crippen LogP contribution in [0.1, 0.15) is 48.0 Å². The van der Waals surface area contributed by atoms with Crippen LogP contribution in [0, 0.1) is 6.92 Å². The number of carbonyl (C=O) groups excluding carboxylic acids is 1. The minimum atomic E-state index is 0.110. The van der Waals surface area contributed by atoms with Crippen LogP contribution in [0.4, 0.5) is 0 Å². The molecule has 0 spiro atoms. The van der Waals surface area contributed by atoms with Gasteiger partial charge in [-0.1, -0.05) is 51.1 Å². The second-order valence-corrected chi connectivity index (χ2v) is 6.19. The smallest absolute Gasteiger partial charge is 0.168 e. The Balaban J connectivity index is 2.16. The Morgan fingerprint density at radius 1 is 1.10 bits per heavy atom. The number of rotatable bonds is 3. The Kier molecular flexibility index (Phi) is 4.03. The molecule has 104 valence electrons. The molecule has 0 aliphatic carbocycles. The number of aryl methyl sites for hydroxylation is 1. The summed E-state index contributed by atoms with van der Waals surface area (Å²) in [5, 5.41) is 0. The highest BCUT2D eigenvalue weighted by molar-refractivity contribution is 5.97. The Labute approximate surface area is 120 Å². The van der Waals surface area contributed by atoms with Crippen molar-refractivity contribution < 1.29 is 4.79 Å². The van der Waals surface area contributed by atoms with Crippen molar-refractivity contribution in [2.75, 3.05) is 0 Å². The molecule has 0 bridgehead atoms. The highest BCUT2D eigenvalue weighted by Crippen LogP contribution is 2.22. The lowest BCUT2D eigenvalue weighted by molar-refractivity contribution is 0.0991. The molecule has 2 aromatic rings. The number of benzene rings is 1. The van der Waals surface area contributed by atoms with Crippen LogP contribution in [0.5, 0.6) is 0 Å². The molecule has 0 saturated carbocycles. The summed E-state index contributed by atoms with van der Waals surface area (Å²) in [4.78, 5) is 16.6. The monoisotopic (exact) mass is 267 g/mol. The van der Waals surface area contributed by atoms with Gasteiger partial charge in [-0.2, -0.15) is 0 Å². The molecule has 1 aromatic carbocycles. The van der Waals surface area contributed by atoms with Crippen molar-refractivity contribution in [2.24, 2.45) is 0 Å². The standard InChI is InChI=1S/C18H21NO/c1-13-6-5-11-19-16(13)12-17(20)14-7-9-15(10-8-14)18(2,3)4/h5-11H,12H2,1-4H3. The molecule has 0 atom stereocenters. The van der Waals surface area contributed by atoms with Crippen molar-refractivity contribution in [2.45, 2.75) is 39.5 Å². The summed E-state index contributed by atoms with van der Waals surface area (Å²) in [6.07, 6.45) is 2.10. The second-order valence-electron chi connectivity index (χ2n) is 6.19. The lowest BCUT2D eigenvalue weighted by Crippen LogP contribution is -2.12. The van der Waals surface area contributed by atoms with Gasteiger partial charge in [0.1, 0.15) is 0 Å². The Bertz CT molecular complexity index is 606. The molecule has 0 unspecified atom stereocenters. The Morgan fingerprint density at radius 3 is 2.30 bits per heavy atom. The molecule has 0 aliphatic rings. The number of carbonyl (C=O) groups is 1. The molecule has 0 radical (unpaired) electrons. The molecular weight excluding hydrogens is 246 g/mol. The molecule has 0 aliphatic heterocycles. The Morgan fingerprint density at radius 2 is 1.75 bits per heavy atom. The van der Waals surface area contributed by atoms with E-state index in [2.05, 4.69) is 25.8 Å². The lowest BCUT2D eigenvalue weighted by Gasteiger charge is -2.19. The highest BCUT2D eigenvalue weighted by atomic mass is 16.1. The summed E-state index contributed by atoms with van der Waals surface area (Å²) in [6, 6.07) is 11.8. The third kappa shape index (κ3) is 3.32. The average molecular weight is 267 g/mol. The predicted molar refractivity (Wildman–Crippen MR) is 82.2 cm³/mol. The zero-order chi connectivity index (χ0) is 14.8. The van der Waals surface area contributed by atoms with Gasteiger partial charge in [0.05, 0.1) is 12.1 Å². The van der Waals surface area contributed by atoms with Gasteiger partial charge in [0.15, 0.2) is 5.78 Å². The summed E-state index contributed by atoms with van der Waals surface area (Å²) in [5.74, 6) is 0.118. The van der Waals surface area contributed by atoms with E-state index in [1.807, 2.05) is 43.3 Å². The van der Waals surface area contributed by atoms with Crippen LogP contribution in [-0.4, -0.2) is 10.8 Å². The van der Waals surface area contributed by atoms with Gasteiger partial charge in [-0.25, -0.2) is 0 Å². The molecule has 2 rings (SSSR count). The van der Waals surface area contributed by atoms with Crippen LogP contribution in [0.2, 0.25) is 0 Å². The second kappa shape index (κ2) is 5.58. The molecule has 20 heavy (non-hydrogen) atoms. The van der Waals surface area contributed by atoms with E-state index in [9.17, 15) is 4.79 Å². The first-order valence-corrected chi connectivity index (χ1v) is 6.92. The number of pyridine rings is 1. The van der Waals surface area contributed by atoms with E-state index in [4.69, 9.17) is 0 Å². The zero-order valence-electron chi connectivity index (χ0n) is 12.6. The van der Waals surface area contributed by atoms with Crippen LogP contribution in [0.3, 0.4) is 0 Å². The van der Waals surface area contributed by atoms with Gasteiger partial charge in [-0.05, 0) is 29.5 Å². The highest BCUT2D eigenvalue weighted by Gasteiger charge is 2.15. The molecule has 0 saturated heterocycles. The molecule has 2 nitrogen and oxygen atoms in total. The fourth-order valence-electron chi connectivity index (χ4n) is 2.11. The number of hydrogen-bond acceptors (Lipinski definition) is 2. The van der Waals surface area contributed by atoms with E-state index in [1.165, 1.54) is 5.56 Å². The van der Waals surface area contributed by atoms with Crippen molar-refractivity contribution in [1.82, 2.24) is 4.98 Å². The average Bonchev–Trinajstić information content (AvgIpc) is 2.40. The Hall–Kier alpha value is -1.96. The number of aromatic nitrogens is 1. The van der Waals surface area contributed by atoms with Crippen LogP contribution < -0.4 is 0 Å². The van der Waals surface area contributed by atoms with Crippen molar-refractivity contribution >= 4 is 5.78 Å². The predicted octanol–water partition coefficient (Wildman–Crippen LogP) is 4.11. The number of hydrogen-bond donors (Lipinski definition) is 0. The minimum absolute atomic E-state index is 0.110. The van der Waals surface area contributed by atoms with E-state index in [-0.39, 0.29) is 11.2 Å². The quantitative estimate of drug-likeness (QED) is 0.783. The van der Waals surface area contributed by atoms with Crippen LogP contribution in [0.25, 0.3) is 0 Å². The first kappa shape index (κ1) is 14.4. The fraction of sp³-hybridized carbons (Fsp3) is 0.333. The number of Topliss-reactive ketones (excluding diaryl/α,β-unsaturated/α-hetero) is 1. The van der Waals surface area contributed by atoms with E-state index in [0.717, 1.165) is 16.8 Å². The lowest BCUT2D eigenvalue weighted by atomic mass is 9.86. The molecular formula is C18H21NO. The summed E-state index contributed by atoms with van der Waals surface area (Å²) in [5.41, 5.74) is 4.02. The summed E-state index contributed by atoms with van der Waals surface area (Å²) in [6.45, 7) is 8.49. The number of nitrogens with zero attached hydrogens (tertiary/aromatic N) is 1. The maximum Gasteiger partial charge on any atom is 0.168 e. The molecule has 1 aromatic heterocycles. The fourth-order valence-corrected chi connectivity index (χ4v) is 2.11. The van der Waals surface area contributed by atoms with Crippen molar-refractivity contribution in [3.8, 4) is 0 Å². The van der Waals surface area contributed by atoms with E-state index < -0.39 is 0 Å². The molecule has 1 heterocycles. The van der Waals surface area contributed by atoms with Crippen LogP contribution in [0.15, 0.2) is 42.6 Å². The van der Waals surface area contributed by atoms with Gasteiger partial charge < -0.3 is 0 Å². The third-order valence-electron chi connectivity index (χ3n) is 3.52. The van der Waals surface area contributed by atoms with Crippen molar-refractivity contribution in [3.05, 3.63) is 65.0 Å². The molecule has 0 amide bonds. The first-order valence-electron chi connectivity index (χ1n) is 6.92. The van der Waals surface area contributed by atoms with Crippen molar-refractivity contribution in [3.63, 3.8) is 0 Å². The zero-order valence-corrected chi connectivity index (χ0v) is 12.6. The largest absolute Gasteiger partial charge is 0.294 e. The third-order valence-corrected chi connectivity index (χ3v) is 3.52. The van der Waals surface area contributed by atoms with Gasteiger partial charge >= 0.3 is 0 Å². The van der Waals surface area contributed by atoms with Gasteiger partial charge in [-0.15, -0.1) is 0 Å². The normalized spacial score (nSPS) is 11.4. The van der Waals surface area contributed by atoms with E-state index >= 15 is 0 Å². The van der Waals surface area contributed by atoms with Crippen molar-refractivity contribution in [1.29, 1.82) is 0 Å².